The summed E-state index contributed by atoms with van der Waals surface area (Å²) in [5.74, 6) is -1.74. The highest BCUT2D eigenvalue weighted by atomic mass is 31.2. The van der Waals surface area contributed by atoms with Crippen LogP contribution < -0.4 is 4.74 Å². The molecule has 1 saturated carbocycles. The third-order valence-corrected chi connectivity index (χ3v) is 9.19. The first-order valence-electron chi connectivity index (χ1n) is 15.7. The first-order valence-corrected chi connectivity index (χ1v) is 17.5. The van der Waals surface area contributed by atoms with E-state index in [4.69, 9.17) is 19.3 Å². The van der Waals surface area contributed by atoms with Crippen molar-refractivity contribution in [3.63, 3.8) is 0 Å². The van der Waals surface area contributed by atoms with Crippen molar-refractivity contribution in [2.75, 3.05) is 12.8 Å². The Labute approximate surface area is 270 Å². The third-order valence-electron chi connectivity index (χ3n) is 8.42. The number of pyridine rings is 1. The number of halogens is 1. The molecule has 4 rings (SSSR count). The number of carbonyl (C=O) groups is 2. The Morgan fingerprint density at radius 2 is 1.72 bits per heavy atom. The Hall–Kier alpha value is -3.43. The molecule has 1 heterocycles. The van der Waals surface area contributed by atoms with Gasteiger partial charge in [0.1, 0.15) is 18.2 Å². The molecule has 0 spiro atoms. The standard InChI is InChI=1S/C35H44FN2O7P/c1-21(2)38(22(3)4)20-28-17-27(12-13-30(28)31-16-23(5)37-19-32(31)36)35(40)45-29-9-7-8-26(18-29)33(25-10-11-25)24(6)34(39)44-14-15-46(41,42)43/h7-9,12-13,16-19,21-22,24-25,33H,10-11,14-15,20H2,1-6H3,(H2,41,42,43)/t24-,33-/m0/s1. The summed E-state index contributed by atoms with van der Waals surface area (Å²) in [5, 5.41) is 0. The molecule has 0 amide bonds. The van der Waals surface area contributed by atoms with Crippen LogP contribution in [-0.4, -0.2) is 56.5 Å². The normalized spacial score (nSPS) is 14.9. The molecule has 46 heavy (non-hydrogen) atoms. The molecule has 11 heteroatoms. The van der Waals surface area contributed by atoms with Crippen LogP contribution in [0.1, 0.15) is 80.6 Å². The number of hydrogen-bond acceptors (Lipinski definition) is 7. The number of carbonyl (C=O) groups excluding carboxylic acids is 2. The lowest BCUT2D eigenvalue weighted by Crippen LogP contribution is -2.36. The van der Waals surface area contributed by atoms with Gasteiger partial charge >= 0.3 is 19.5 Å². The van der Waals surface area contributed by atoms with Gasteiger partial charge in [-0.25, -0.2) is 9.18 Å². The summed E-state index contributed by atoms with van der Waals surface area (Å²) in [7, 11) is -4.28. The third kappa shape index (κ3) is 9.32. The Morgan fingerprint density at radius 3 is 2.35 bits per heavy atom. The molecule has 3 aromatic rings. The first-order chi connectivity index (χ1) is 21.6. The van der Waals surface area contributed by atoms with Gasteiger partial charge in [-0.2, -0.15) is 0 Å². The largest absolute Gasteiger partial charge is 0.465 e. The second-order valence-corrected chi connectivity index (χ2v) is 14.5. The zero-order valence-electron chi connectivity index (χ0n) is 27.3. The summed E-state index contributed by atoms with van der Waals surface area (Å²) in [6.45, 7) is 12.1. The van der Waals surface area contributed by atoms with Crippen molar-refractivity contribution in [3.05, 3.63) is 82.9 Å². The Kier molecular flexibility index (Phi) is 11.5. The highest BCUT2D eigenvalue weighted by molar-refractivity contribution is 7.51. The van der Waals surface area contributed by atoms with Gasteiger partial charge in [0, 0.05) is 29.9 Å². The van der Waals surface area contributed by atoms with Crippen molar-refractivity contribution < 1.29 is 37.8 Å². The van der Waals surface area contributed by atoms with E-state index < -0.39 is 37.4 Å². The predicted octanol–water partition coefficient (Wildman–Crippen LogP) is 6.88. The summed E-state index contributed by atoms with van der Waals surface area (Å²) in [6.07, 6.45) is 2.55. The van der Waals surface area contributed by atoms with Gasteiger partial charge in [0.2, 0.25) is 0 Å². The number of aryl methyl sites for hydroxylation is 1. The second kappa shape index (κ2) is 15.0. The monoisotopic (exact) mass is 654 g/mol. The molecule has 2 aromatic carbocycles. The number of aromatic nitrogens is 1. The molecule has 0 aliphatic heterocycles. The molecule has 248 valence electrons. The van der Waals surface area contributed by atoms with E-state index in [0.29, 0.717) is 34.7 Å². The van der Waals surface area contributed by atoms with Crippen LogP contribution in [0, 0.1) is 24.6 Å². The summed E-state index contributed by atoms with van der Waals surface area (Å²) in [5.41, 5.74) is 3.71. The molecular formula is C35H44FN2O7P. The number of hydrogen-bond donors (Lipinski definition) is 2. The van der Waals surface area contributed by atoms with Crippen molar-refractivity contribution in [1.29, 1.82) is 0 Å². The van der Waals surface area contributed by atoms with Crippen molar-refractivity contribution in [1.82, 2.24) is 9.88 Å². The molecule has 1 fully saturated rings. The molecule has 0 saturated heterocycles. The number of benzene rings is 2. The fourth-order valence-electron chi connectivity index (χ4n) is 5.94. The maximum absolute atomic E-state index is 15.0. The van der Waals surface area contributed by atoms with Crippen LogP contribution in [0.3, 0.4) is 0 Å². The van der Waals surface area contributed by atoms with Gasteiger partial charge < -0.3 is 19.3 Å². The zero-order chi connectivity index (χ0) is 33.8. The lowest BCUT2D eigenvalue weighted by molar-refractivity contribution is -0.148. The van der Waals surface area contributed by atoms with Crippen LogP contribution in [-0.2, 0) is 20.6 Å². The van der Waals surface area contributed by atoms with Crippen molar-refractivity contribution >= 4 is 19.5 Å². The Bertz CT molecular complexity index is 1590. The van der Waals surface area contributed by atoms with Gasteiger partial charge in [0.05, 0.1) is 23.8 Å². The molecule has 1 aromatic heterocycles. The summed E-state index contributed by atoms with van der Waals surface area (Å²) < 4.78 is 37.2. The van der Waals surface area contributed by atoms with Gasteiger partial charge in [0.15, 0.2) is 0 Å². The van der Waals surface area contributed by atoms with E-state index in [0.717, 1.165) is 24.0 Å². The molecule has 2 atom stereocenters. The minimum absolute atomic E-state index is 0.205. The molecule has 0 bridgehead atoms. The molecule has 2 N–H and O–H groups in total. The Balaban J connectivity index is 1.59. The zero-order valence-corrected chi connectivity index (χ0v) is 28.2. The SMILES string of the molecule is Cc1cc(-c2ccc(C(=O)Oc3cccc([C@H](C4CC4)[C@H](C)C(=O)OCCP(=O)(O)O)c3)cc2CN(C(C)C)C(C)C)c(F)cn1. The van der Waals surface area contributed by atoms with Gasteiger partial charge in [-0.1, -0.05) is 25.1 Å². The number of rotatable bonds is 14. The van der Waals surface area contributed by atoms with Gasteiger partial charge in [-0.15, -0.1) is 0 Å². The van der Waals surface area contributed by atoms with Crippen LogP contribution in [0.4, 0.5) is 4.39 Å². The fourth-order valence-corrected chi connectivity index (χ4v) is 6.27. The maximum atomic E-state index is 15.0. The minimum Gasteiger partial charge on any atom is -0.465 e. The van der Waals surface area contributed by atoms with E-state index in [-0.39, 0.29) is 30.5 Å². The first kappa shape index (κ1) is 35.4. The lowest BCUT2D eigenvalue weighted by Gasteiger charge is -2.31. The van der Waals surface area contributed by atoms with Crippen molar-refractivity contribution in [3.8, 4) is 16.9 Å². The van der Waals surface area contributed by atoms with Crippen LogP contribution in [0.15, 0.2) is 54.7 Å². The average molecular weight is 655 g/mol. The van der Waals surface area contributed by atoms with Crippen LogP contribution >= 0.6 is 7.60 Å². The molecule has 9 nitrogen and oxygen atoms in total. The van der Waals surface area contributed by atoms with E-state index in [9.17, 15) is 18.5 Å². The smallest absolute Gasteiger partial charge is 0.343 e. The van der Waals surface area contributed by atoms with E-state index in [1.165, 1.54) is 6.20 Å². The molecule has 1 aliphatic carbocycles. The molecule has 1 aliphatic rings. The predicted molar refractivity (Wildman–Crippen MR) is 174 cm³/mol. The topological polar surface area (TPSA) is 126 Å². The summed E-state index contributed by atoms with van der Waals surface area (Å²) in [6, 6.07) is 14.4. The molecular weight excluding hydrogens is 610 g/mol. The van der Waals surface area contributed by atoms with Gasteiger partial charge in [0.25, 0.3) is 0 Å². The summed E-state index contributed by atoms with van der Waals surface area (Å²) >= 11 is 0. The fraction of sp³-hybridized carbons (Fsp3) is 0.457. The van der Waals surface area contributed by atoms with E-state index in [1.54, 1.807) is 56.3 Å². The van der Waals surface area contributed by atoms with Crippen LogP contribution in [0.5, 0.6) is 5.75 Å². The van der Waals surface area contributed by atoms with Gasteiger partial charge in [-0.05, 0) is 106 Å². The number of nitrogens with zero attached hydrogens (tertiary/aromatic N) is 2. The second-order valence-electron chi connectivity index (χ2n) is 12.7. The average Bonchev–Trinajstić information content (AvgIpc) is 3.81. The molecule has 0 unspecified atom stereocenters. The quantitative estimate of drug-likeness (QED) is 0.109. The Morgan fingerprint density at radius 1 is 1.02 bits per heavy atom. The van der Waals surface area contributed by atoms with Crippen LogP contribution in [0.2, 0.25) is 0 Å². The van der Waals surface area contributed by atoms with Gasteiger partial charge in [-0.3, -0.25) is 19.2 Å². The lowest BCUT2D eigenvalue weighted by atomic mass is 9.83. The van der Waals surface area contributed by atoms with E-state index in [2.05, 4.69) is 37.6 Å². The molecule has 0 radical (unpaired) electrons. The number of esters is 2. The van der Waals surface area contributed by atoms with Crippen LogP contribution in [0.25, 0.3) is 11.1 Å². The number of ether oxygens (including phenoxy) is 2. The van der Waals surface area contributed by atoms with Crippen molar-refractivity contribution in [2.24, 2.45) is 11.8 Å². The van der Waals surface area contributed by atoms with E-state index >= 15 is 0 Å². The highest BCUT2D eigenvalue weighted by Crippen LogP contribution is 2.47. The highest BCUT2D eigenvalue weighted by Gasteiger charge is 2.39. The summed E-state index contributed by atoms with van der Waals surface area (Å²) in [4.78, 5) is 50.8. The minimum atomic E-state index is -4.28. The van der Waals surface area contributed by atoms with E-state index in [1.807, 2.05) is 6.07 Å². The van der Waals surface area contributed by atoms with Crippen molar-refractivity contribution in [2.45, 2.75) is 78.9 Å². The maximum Gasteiger partial charge on any atom is 0.343 e.